The molecular weight excluding hydrogens is 176 g/mol. The highest BCUT2D eigenvalue weighted by Crippen LogP contribution is 2.23. The van der Waals surface area contributed by atoms with Crippen molar-refractivity contribution < 1.29 is 0 Å². The van der Waals surface area contributed by atoms with Crippen LogP contribution in [0.15, 0.2) is 17.0 Å². The third kappa shape index (κ3) is 1.91. The molecule has 0 radical (unpaired) electrons. The van der Waals surface area contributed by atoms with Gasteiger partial charge in [0.1, 0.15) is 0 Å². The Hall–Kier alpha value is -0.140. The Labute approximate surface area is 78.0 Å². The molecule has 0 unspecified atom stereocenters. The number of aryl methyl sites for hydroxylation is 2. The molecule has 0 N–H and O–H groups in total. The van der Waals surface area contributed by atoms with Crippen molar-refractivity contribution in [3.8, 4) is 0 Å². The standard InChI is InChI=1S/C9H11ClS/c1-3-7-4-6(2)9(11)5-8(7)10/h4-5,11H,3H2,1-2H3. The van der Waals surface area contributed by atoms with E-state index in [1.165, 1.54) is 11.1 Å². The topological polar surface area (TPSA) is 0 Å². The Balaban J connectivity index is 3.21. The average molecular weight is 187 g/mol. The molecule has 2 heteroatoms. The number of thiol groups is 1. The molecule has 1 aromatic carbocycles. The fourth-order valence-electron chi connectivity index (χ4n) is 1.00. The highest BCUT2D eigenvalue weighted by Gasteiger charge is 2.00. The zero-order valence-electron chi connectivity index (χ0n) is 6.69. The van der Waals surface area contributed by atoms with Crippen LogP contribution in [0.4, 0.5) is 0 Å². The third-order valence-electron chi connectivity index (χ3n) is 1.75. The molecule has 0 bridgehead atoms. The molecule has 0 aromatic heterocycles. The van der Waals surface area contributed by atoms with Gasteiger partial charge in [-0.2, -0.15) is 0 Å². The lowest BCUT2D eigenvalue weighted by atomic mass is 10.1. The maximum absolute atomic E-state index is 5.95. The largest absolute Gasteiger partial charge is 0.143 e. The second-order valence-electron chi connectivity index (χ2n) is 2.58. The van der Waals surface area contributed by atoms with Crippen molar-refractivity contribution in [3.05, 3.63) is 28.3 Å². The number of rotatable bonds is 1. The van der Waals surface area contributed by atoms with Gasteiger partial charge in [-0.1, -0.05) is 24.6 Å². The van der Waals surface area contributed by atoms with Crippen molar-refractivity contribution in [2.45, 2.75) is 25.2 Å². The minimum absolute atomic E-state index is 0.822. The van der Waals surface area contributed by atoms with Gasteiger partial charge >= 0.3 is 0 Å². The Kier molecular flexibility index (Phi) is 2.85. The van der Waals surface area contributed by atoms with E-state index in [4.69, 9.17) is 11.6 Å². The minimum Gasteiger partial charge on any atom is -0.143 e. The van der Waals surface area contributed by atoms with Crippen LogP contribution in [0.1, 0.15) is 18.1 Å². The van der Waals surface area contributed by atoms with Crippen LogP contribution in [0, 0.1) is 6.92 Å². The molecule has 0 heterocycles. The van der Waals surface area contributed by atoms with Gasteiger partial charge in [0.2, 0.25) is 0 Å². The fraction of sp³-hybridized carbons (Fsp3) is 0.333. The van der Waals surface area contributed by atoms with Crippen LogP contribution >= 0.6 is 24.2 Å². The summed E-state index contributed by atoms with van der Waals surface area (Å²) in [5, 5.41) is 0.822. The number of hydrogen-bond acceptors (Lipinski definition) is 1. The van der Waals surface area contributed by atoms with Gasteiger partial charge in [0, 0.05) is 9.92 Å². The zero-order chi connectivity index (χ0) is 8.43. The summed E-state index contributed by atoms with van der Waals surface area (Å²) in [5.41, 5.74) is 2.39. The summed E-state index contributed by atoms with van der Waals surface area (Å²) in [4.78, 5) is 0.965. The van der Waals surface area contributed by atoms with Crippen LogP contribution in [0.5, 0.6) is 0 Å². The van der Waals surface area contributed by atoms with Crippen LogP contribution in [0.25, 0.3) is 0 Å². The lowest BCUT2D eigenvalue weighted by Gasteiger charge is -2.04. The van der Waals surface area contributed by atoms with E-state index < -0.39 is 0 Å². The molecule has 0 spiro atoms. The summed E-state index contributed by atoms with van der Waals surface area (Å²) in [5.74, 6) is 0. The molecule has 1 aromatic rings. The van der Waals surface area contributed by atoms with E-state index >= 15 is 0 Å². The summed E-state index contributed by atoms with van der Waals surface area (Å²) in [6.45, 7) is 4.14. The number of benzene rings is 1. The molecule has 0 fully saturated rings. The molecule has 0 atom stereocenters. The maximum atomic E-state index is 5.95. The van der Waals surface area contributed by atoms with E-state index in [0.717, 1.165) is 16.3 Å². The van der Waals surface area contributed by atoms with Gasteiger partial charge < -0.3 is 0 Å². The maximum Gasteiger partial charge on any atom is 0.0449 e. The molecule has 60 valence electrons. The lowest BCUT2D eigenvalue weighted by Crippen LogP contribution is -1.85. The van der Waals surface area contributed by atoms with Crippen LogP contribution in [-0.4, -0.2) is 0 Å². The van der Waals surface area contributed by atoms with E-state index in [1.54, 1.807) is 0 Å². The molecule has 0 aliphatic heterocycles. The van der Waals surface area contributed by atoms with Crippen molar-refractivity contribution in [3.63, 3.8) is 0 Å². The Morgan fingerprint density at radius 1 is 1.45 bits per heavy atom. The molecule has 0 nitrogen and oxygen atoms in total. The van der Waals surface area contributed by atoms with Gasteiger partial charge in [-0.05, 0) is 30.5 Å². The summed E-state index contributed by atoms with van der Waals surface area (Å²) in [6.07, 6.45) is 0.980. The molecular formula is C9H11ClS. The van der Waals surface area contributed by atoms with Crippen molar-refractivity contribution in [1.29, 1.82) is 0 Å². The van der Waals surface area contributed by atoms with Crippen LogP contribution < -0.4 is 0 Å². The van der Waals surface area contributed by atoms with Crippen molar-refractivity contribution in [2.24, 2.45) is 0 Å². The predicted octanol–water partition coefficient (Wildman–Crippen LogP) is 3.50. The van der Waals surface area contributed by atoms with E-state index in [2.05, 4.69) is 25.6 Å². The van der Waals surface area contributed by atoms with Gasteiger partial charge in [0.05, 0.1) is 0 Å². The Morgan fingerprint density at radius 3 is 2.64 bits per heavy atom. The molecule has 0 amide bonds. The Morgan fingerprint density at radius 2 is 2.09 bits per heavy atom. The van der Waals surface area contributed by atoms with E-state index in [-0.39, 0.29) is 0 Å². The van der Waals surface area contributed by atoms with Crippen LogP contribution in [-0.2, 0) is 6.42 Å². The second-order valence-corrected chi connectivity index (χ2v) is 3.47. The number of hydrogen-bond donors (Lipinski definition) is 1. The predicted molar refractivity (Wildman–Crippen MR) is 52.8 cm³/mol. The van der Waals surface area contributed by atoms with Crippen molar-refractivity contribution in [2.75, 3.05) is 0 Å². The van der Waals surface area contributed by atoms with E-state index in [1.807, 2.05) is 13.0 Å². The molecule has 0 aliphatic rings. The first kappa shape index (κ1) is 8.95. The first-order chi connectivity index (χ1) is 5.15. The number of halogens is 1. The highest BCUT2D eigenvalue weighted by atomic mass is 35.5. The quantitative estimate of drug-likeness (QED) is 0.638. The first-order valence-corrected chi connectivity index (χ1v) is 4.45. The smallest absolute Gasteiger partial charge is 0.0449 e. The summed E-state index contributed by atoms with van der Waals surface area (Å²) < 4.78 is 0. The van der Waals surface area contributed by atoms with E-state index in [9.17, 15) is 0 Å². The summed E-state index contributed by atoms with van der Waals surface area (Å²) >= 11 is 10.2. The average Bonchev–Trinajstić information content (AvgIpc) is 1.97. The molecule has 0 saturated carbocycles. The van der Waals surface area contributed by atoms with E-state index in [0.29, 0.717) is 0 Å². The first-order valence-electron chi connectivity index (χ1n) is 3.63. The third-order valence-corrected chi connectivity index (χ3v) is 2.58. The van der Waals surface area contributed by atoms with Crippen molar-refractivity contribution in [1.82, 2.24) is 0 Å². The normalized spacial score (nSPS) is 10.2. The van der Waals surface area contributed by atoms with Crippen molar-refractivity contribution >= 4 is 24.2 Å². The van der Waals surface area contributed by atoms with Gasteiger partial charge in [0.25, 0.3) is 0 Å². The lowest BCUT2D eigenvalue weighted by molar-refractivity contribution is 1.11. The second kappa shape index (κ2) is 3.51. The molecule has 0 saturated heterocycles. The highest BCUT2D eigenvalue weighted by molar-refractivity contribution is 7.80. The van der Waals surface area contributed by atoms with Crippen LogP contribution in [0.3, 0.4) is 0 Å². The van der Waals surface area contributed by atoms with Crippen LogP contribution in [0.2, 0.25) is 5.02 Å². The summed E-state index contributed by atoms with van der Waals surface area (Å²) in [6, 6.07) is 3.99. The zero-order valence-corrected chi connectivity index (χ0v) is 8.34. The molecule has 0 aliphatic carbocycles. The monoisotopic (exact) mass is 186 g/mol. The van der Waals surface area contributed by atoms with Gasteiger partial charge in [-0.15, -0.1) is 12.6 Å². The fourth-order valence-corrected chi connectivity index (χ4v) is 1.57. The molecule has 11 heavy (non-hydrogen) atoms. The summed E-state index contributed by atoms with van der Waals surface area (Å²) in [7, 11) is 0. The SMILES string of the molecule is CCc1cc(C)c(S)cc1Cl. The molecule has 1 rings (SSSR count). The minimum atomic E-state index is 0.822. The van der Waals surface area contributed by atoms with Gasteiger partial charge in [-0.25, -0.2) is 0 Å². The van der Waals surface area contributed by atoms with Gasteiger partial charge in [-0.3, -0.25) is 0 Å². The van der Waals surface area contributed by atoms with Gasteiger partial charge in [0.15, 0.2) is 0 Å². The Bertz CT molecular complexity index is 269.